The highest BCUT2D eigenvalue weighted by Crippen LogP contribution is 2.22. The van der Waals surface area contributed by atoms with Crippen molar-refractivity contribution in [3.63, 3.8) is 0 Å². The lowest BCUT2D eigenvalue weighted by molar-refractivity contribution is 0.593. The zero-order valence-corrected chi connectivity index (χ0v) is 12.9. The van der Waals surface area contributed by atoms with Gasteiger partial charge in [0.05, 0.1) is 16.2 Å². The molecule has 21 heavy (non-hydrogen) atoms. The Morgan fingerprint density at radius 1 is 1.24 bits per heavy atom. The molecule has 2 heterocycles. The van der Waals surface area contributed by atoms with Crippen molar-refractivity contribution in [2.24, 2.45) is 0 Å². The summed E-state index contributed by atoms with van der Waals surface area (Å²) in [5, 5.41) is 2.43. The number of benzene rings is 1. The van der Waals surface area contributed by atoms with Gasteiger partial charge in [0.2, 0.25) is 9.84 Å². The molecule has 7 heteroatoms. The Morgan fingerprint density at radius 2 is 2.00 bits per heavy atom. The molecule has 0 unspecified atom stereocenters. The van der Waals surface area contributed by atoms with Crippen LogP contribution in [0.5, 0.6) is 0 Å². The first-order chi connectivity index (χ1) is 10.1. The number of hydrogen-bond donors (Lipinski definition) is 0. The second-order valence-corrected chi connectivity index (χ2v) is 7.55. The summed E-state index contributed by atoms with van der Waals surface area (Å²) in [6.45, 7) is 2.45. The number of rotatable bonds is 4. The SMILES string of the molecule is Cc1nc(S(=O)(=O)c2ccc(Cn3ccnc3)cc2)cs1. The third-order valence-electron chi connectivity index (χ3n) is 3.03. The minimum atomic E-state index is -3.52. The molecule has 5 nitrogen and oxygen atoms in total. The maximum atomic E-state index is 12.4. The molecule has 0 saturated heterocycles. The van der Waals surface area contributed by atoms with E-state index in [2.05, 4.69) is 9.97 Å². The quantitative estimate of drug-likeness (QED) is 0.741. The molecular weight excluding hydrogens is 306 g/mol. The summed E-state index contributed by atoms with van der Waals surface area (Å²) in [7, 11) is -3.52. The molecule has 0 aliphatic carbocycles. The highest BCUT2D eigenvalue weighted by atomic mass is 32.2. The zero-order valence-electron chi connectivity index (χ0n) is 11.3. The second-order valence-electron chi connectivity index (χ2n) is 4.59. The molecule has 0 bridgehead atoms. The lowest BCUT2D eigenvalue weighted by Gasteiger charge is -2.05. The smallest absolute Gasteiger partial charge is 0.224 e. The maximum absolute atomic E-state index is 12.4. The van der Waals surface area contributed by atoms with E-state index in [0.717, 1.165) is 10.6 Å². The third kappa shape index (κ3) is 2.88. The predicted octanol–water partition coefficient (Wildman–Crippen LogP) is 2.53. The average Bonchev–Trinajstić information content (AvgIpc) is 3.11. The molecule has 3 rings (SSSR count). The largest absolute Gasteiger partial charge is 0.333 e. The minimum absolute atomic E-state index is 0.118. The van der Waals surface area contributed by atoms with Crippen molar-refractivity contribution in [1.82, 2.24) is 14.5 Å². The van der Waals surface area contributed by atoms with E-state index in [0.29, 0.717) is 6.54 Å². The van der Waals surface area contributed by atoms with E-state index in [4.69, 9.17) is 0 Å². The Morgan fingerprint density at radius 3 is 2.57 bits per heavy atom. The molecule has 0 amide bonds. The number of sulfone groups is 1. The molecule has 0 N–H and O–H groups in total. The van der Waals surface area contributed by atoms with E-state index in [1.54, 1.807) is 37.0 Å². The number of thiazole rings is 1. The predicted molar refractivity (Wildman–Crippen MR) is 80.1 cm³/mol. The molecule has 0 fully saturated rings. The minimum Gasteiger partial charge on any atom is -0.333 e. The molecule has 2 aromatic heterocycles. The van der Waals surface area contributed by atoms with Crippen molar-refractivity contribution in [2.45, 2.75) is 23.4 Å². The molecule has 0 aliphatic rings. The molecule has 108 valence electrons. The summed E-state index contributed by atoms with van der Waals surface area (Å²) < 4.78 is 26.7. The summed E-state index contributed by atoms with van der Waals surface area (Å²) >= 11 is 1.33. The van der Waals surface area contributed by atoms with Crippen molar-refractivity contribution in [3.8, 4) is 0 Å². The van der Waals surface area contributed by atoms with Gasteiger partial charge in [0.1, 0.15) is 0 Å². The van der Waals surface area contributed by atoms with Crippen LogP contribution in [0.25, 0.3) is 0 Å². The van der Waals surface area contributed by atoms with E-state index in [-0.39, 0.29) is 9.92 Å². The van der Waals surface area contributed by atoms with Gasteiger partial charge in [-0.2, -0.15) is 0 Å². The number of nitrogens with zero attached hydrogens (tertiary/aromatic N) is 3. The summed E-state index contributed by atoms with van der Waals surface area (Å²) in [4.78, 5) is 8.30. The Balaban J connectivity index is 1.87. The van der Waals surface area contributed by atoms with E-state index < -0.39 is 9.84 Å². The molecule has 0 spiro atoms. The monoisotopic (exact) mass is 319 g/mol. The van der Waals surface area contributed by atoms with Crippen molar-refractivity contribution in [2.75, 3.05) is 0 Å². The van der Waals surface area contributed by atoms with Gasteiger partial charge in [0.25, 0.3) is 0 Å². The highest BCUT2D eigenvalue weighted by Gasteiger charge is 2.20. The van der Waals surface area contributed by atoms with Crippen LogP contribution in [0, 0.1) is 6.92 Å². The first kappa shape index (κ1) is 14.0. The Bertz CT molecular complexity index is 835. The van der Waals surface area contributed by atoms with Gasteiger partial charge in [-0.3, -0.25) is 0 Å². The Hall–Kier alpha value is -1.99. The van der Waals surface area contributed by atoms with Crippen LogP contribution >= 0.6 is 11.3 Å². The van der Waals surface area contributed by atoms with Crippen LogP contribution in [0.15, 0.2) is 58.3 Å². The maximum Gasteiger partial charge on any atom is 0.224 e. The number of aromatic nitrogens is 3. The van der Waals surface area contributed by atoms with Crippen LogP contribution in [-0.4, -0.2) is 23.0 Å². The number of aryl methyl sites for hydroxylation is 1. The molecule has 0 atom stereocenters. The van der Waals surface area contributed by atoms with Crippen LogP contribution < -0.4 is 0 Å². The molecule has 0 saturated carbocycles. The normalized spacial score (nSPS) is 11.7. The Labute approximate surface area is 126 Å². The lowest BCUT2D eigenvalue weighted by Crippen LogP contribution is -2.03. The van der Waals surface area contributed by atoms with Crippen LogP contribution in [0.1, 0.15) is 10.6 Å². The van der Waals surface area contributed by atoms with E-state index in [1.165, 1.54) is 11.3 Å². The summed E-state index contributed by atoms with van der Waals surface area (Å²) in [6, 6.07) is 6.87. The van der Waals surface area contributed by atoms with Crippen molar-refractivity contribution < 1.29 is 8.42 Å². The van der Waals surface area contributed by atoms with E-state index >= 15 is 0 Å². The van der Waals surface area contributed by atoms with Gasteiger partial charge in [-0.1, -0.05) is 12.1 Å². The van der Waals surface area contributed by atoms with Gasteiger partial charge in [-0.15, -0.1) is 11.3 Å². The molecule has 3 aromatic rings. The van der Waals surface area contributed by atoms with Crippen LogP contribution in [0.4, 0.5) is 0 Å². The fourth-order valence-corrected chi connectivity index (χ4v) is 4.13. The third-order valence-corrected chi connectivity index (χ3v) is 5.61. The molecule has 1 aromatic carbocycles. The summed E-state index contributed by atoms with van der Waals surface area (Å²) in [6.07, 6.45) is 5.30. The van der Waals surface area contributed by atoms with Gasteiger partial charge in [-0.05, 0) is 24.6 Å². The van der Waals surface area contributed by atoms with Crippen molar-refractivity contribution >= 4 is 21.2 Å². The lowest BCUT2D eigenvalue weighted by atomic mass is 10.2. The molecule has 0 radical (unpaired) electrons. The second kappa shape index (κ2) is 5.42. The van der Waals surface area contributed by atoms with E-state index in [9.17, 15) is 8.42 Å². The zero-order chi connectivity index (χ0) is 14.9. The van der Waals surface area contributed by atoms with E-state index in [1.807, 2.05) is 22.9 Å². The summed E-state index contributed by atoms with van der Waals surface area (Å²) in [5.74, 6) is 0. The van der Waals surface area contributed by atoms with Crippen LogP contribution in [0.3, 0.4) is 0 Å². The highest BCUT2D eigenvalue weighted by molar-refractivity contribution is 7.91. The number of imidazole rings is 1. The van der Waals surface area contributed by atoms with Gasteiger partial charge < -0.3 is 4.57 Å². The van der Waals surface area contributed by atoms with Crippen LogP contribution in [-0.2, 0) is 16.4 Å². The Kier molecular flexibility index (Phi) is 3.60. The standard InChI is InChI=1S/C14H13N3O2S2/c1-11-16-14(9-20-11)21(18,19)13-4-2-12(3-5-13)8-17-7-6-15-10-17/h2-7,9-10H,8H2,1H3. The molecular formula is C14H13N3O2S2. The average molecular weight is 319 g/mol. The van der Waals surface area contributed by atoms with Gasteiger partial charge >= 0.3 is 0 Å². The topological polar surface area (TPSA) is 64.8 Å². The summed E-state index contributed by atoms with van der Waals surface area (Å²) in [5.41, 5.74) is 1.02. The fraction of sp³-hybridized carbons (Fsp3) is 0.143. The first-order valence-corrected chi connectivity index (χ1v) is 8.64. The fourth-order valence-electron chi connectivity index (χ4n) is 1.95. The van der Waals surface area contributed by atoms with Gasteiger partial charge in [0, 0.05) is 24.3 Å². The van der Waals surface area contributed by atoms with Gasteiger partial charge in [-0.25, -0.2) is 18.4 Å². The van der Waals surface area contributed by atoms with Crippen LogP contribution in [0.2, 0.25) is 0 Å². The molecule has 0 aliphatic heterocycles. The van der Waals surface area contributed by atoms with Crippen molar-refractivity contribution in [3.05, 3.63) is 58.9 Å². The number of hydrogen-bond acceptors (Lipinski definition) is 5. The first-order valence-electron chi connectivity index (χ1n) is 6.27. The van der Waals surface area contributed by atoms with Crippen molar-refractivity contribution in [1.29, 1.82) is 0 Å². The van der Waals surface area contributed by atoms with Gasteiger partial charge in [0.15, 0.2) is 5.03 Å².